The number of hydrogen-bond acceptors (Lipinski definition) is 5. The maximum Gasteiger partial charge on any atom is 0.262 e. The summed E-state index contributed by atoms with van der Waals surface area (Å²) in [6.07, 6.45) is 2.28. The highest BCUT2D eigenvalue weighted by molar-refractivity contribution is 7.16. The van der Waals surface area contributed by atoms with E-state index in [-0.39, 0.29) is 18.0 Å². The summed E-state index contributed by atoms with van der Waals surface area (Å²) in [5, 5.41) is 5.27. The molecule has 0 bridgehead atoms. The summed E-state index contributed by atoms with van der Waals surface area (Å²) in [7, 11) is 0. The van der Waals surface area contributed by atoms with Crippen molar-refractivity contribution in [1.82, 2.24) is 14.9 Å². The van der Waals surface area contributed by atoms with Gasteiger partial charge in [0.15, 0.2) is 0 Å². The van der Waals surface area contributed by atoms with Crippen LogP contribution in [0.25, 0.3) is 10.2 Å². The van der Waals surface area contributed by atoms with Crippen LogP contribution in [-0.2, 0) is 11.3 Å². The van der Waals surface area contributed by atoms with Crippen LogP contribution in [-0.4, -0.2) is 35.1 Å². The highest BCUT2D eigenvalue weighted by Crippen LogP contribution is 2.13. The molecule has 3 aromatic rings. The summed E-state index contributed by atoms with van der Waals surface area (Å²) in [6.45, 7) is 4.47. The van der Waals surface area contributed by atoms with Crippen molar-refractivity contribution in [2.24, 2.45) is 0 Å². The number of nitrogens with zero attached hydrogens (tertiary/aromatic N) is 3. The zero-order chi connectivity index (χ0) is 18.4. The van der Waals surface area contributed by atoms with Gasteiger partial charge in [-0.25, -0.2) is 4.98 Å². The second-order valence-corrected chi connectivity index (χ2v) is 6.83. The van der Waals surface area contributed by atoms with Crippen LogP contribution in [0.5, 0.6) is 0 Å². The second-order valence-electron chi connectivity index (χ2n) is 5.94. The minimum Gasteiger partial charge on any atom is -0.372 e. The van der Waals surface area contributed by atoms with Crippen molar-refractivity contribution in [2.45, 2.75) is 19.9 Å². The fourth-order valence-corrected chi connectivity index (χ4v) is 3.55. The molecule has 2 heterocycles. The van der Waals surface area contributed by atoms with Crippen LogP contribution in [0.1, 0.15) is 13.3 Å². The number of anilines is 1. The minimum absolute atomic E-state index is 0.00615. The van der Waals surface area contributed by atoms with Crippen molar-refractivity contribution in [3.63, 3.8) is 0 Å². The molecular formula is C19H22N4O2S. The first-order valence-electron chi connectivity index (χ1n) is 8.68. The molecule has 0 aliphatic heterocycles. The Balaban J connectivity index is 1.48. The van der Waals surface area contributed by atoms with Crippen molar-refractivity contribution >= 4 is 33.1 Å². The smallest absolute Gasteiger partial charge is 0.262 e. The van der Waals surface area contributed by atoms with Crippen LogP contribution >= 0.6 is 11.3 Å². The lowest BCUT2D eigenvalue weighted by Crippen LogP contribution is -2.34. The first kappa shape index (κ1) is 18.1. The number of benzene rings is 1. The lowest BCUT2D eigenvalue weighted by atomic mass is 10.2. The molecule has 1 amide bonds. The van der Waals surface area contributed by atoms with E-state index in [9.17, 15) is 9.59 Å². The third kappa shape index (κ3) is 4.29. The Bertz CT molecular complexity index is 920. The van der Waals surface area contributed by atoms with Crippen LogP contribution < -0.4 is 15.8 Å². The molecule has 136 valence electrons. The largest absolute Gasteiger partial charge is 0.372 e. The number of aromatic nitrogens is 2. The van der Waals surface area contributed by atoms with Gasteiger partial charge < -0.3 is 10.2 Å². The van der Waals surface area contributed by atoms with Gasteiger partial charge in [-0.05, 0) is 36.9 Å². The summed E-state index contributed by atoms with van der Waals surface area (Å²) in [6, 6.07) is 12.0. The molecule has 0 unspecified atom stereocenters. The van der Waals surface area contributed by atoms with Crippen LogP contribution in [0.3, 0.4) is 0 Å². The Labute approximate surface area is 156 Å². The van der Waals surface area contributed by atoms with E-state index in [1.54, 1.807) is 6.07 Å². The molecule has 0 aliphatic carbocycles. The van der Waals surface area contributed by atoms with E-state index in [1.165, 1.54) is 27.9 Å². The molecule has 0 aliphatic rings. The normalized spacial score (nSPS) is 10.8. The molecule has 3 rings (SSSR count). The quantitative estimate of drug-likeness (QED) is 0.619. The number of para-hydroxylation sites is 1. The van der Waals surface area contributed by atoms with Gasteiger partial charge in [-0.3, -0.25) is 14.2 Å². The molecule has 7 heteroatoms. The molecule has 0 atom stereocenters. The number of nitrogens with one attached hydrogen (secondary N) is 1. The van der Waals surface area contributed by atoms with E-state index >= 15 is 0 Å². The van der Waals surface area contributed by atoms with Crippen molar-refractivity contribution in [3.8, 4) is 0 Å². The maximum absolute atomic E-state index is 12.3. The Morgan fingerprint density at radius 1 is 1.27 bits per heavy atom. The van der Waals surface area contributed by atoms with Gasteiger partial charge in [0.25, 0.3) is 5.56 Å². The molecule has 1 aromatic carbocycles. The van der Waals surface area contributed by atoms with Crippen molar-refractivity contribution in [3.05, 3.63) is 58.5 Å². The van der Waals surface area contributed by atoms with Gasteiger partial charge in [-0.15, -0.1) is 11.3 Å². The SMILES string of the molecule is CCN(CCCNC(=O)Cn1cnc2sccc2c1=O)c1ccccc1. The zero-order valence-electron chi connectivity index (χ0n) is 14.7. The second kappa shape index (κ2) is 8.62. The number of rotatable bonds is 8. The lowest BCUT2D eigenvalue weighted by Gasteiger charge is -2.23. The molecule has 0 fully saturated rings. The van der Waals surface area contributed by atoms with Crippen molar-refractivity contribution in [1.29, 1.82) is 0 Å². The number of carbonyl (C=O) groups excluding carboxylic acids is 1. The summed E-state index contributed by atoms with van der Waals surface area (Å²) < 4.78 is 1.35. The van der Waals surface area contributed by atoms with Gasteiger partial charge in [-0.1, -0.05) is 18.2 Å². The number of fused-ring (bicyclic) bond motifs is 1. The number of thiophene rings is 1. The molecule has 0 radical (unpaired) electrons. The monoisotopic (exact) mass is 370 g/mol. The Morgan fingerprint density at radius 3 is 2.85 bits per heavy atom. The van der Waals surface area contributed by atoms with Gasteiger partial charge in [0, 0.05) is 25.3 Å². The van der Waals surface area contributed by atoms with E-state index in [2.05, 4.69) is 34.3 Å². The van der Waals surface area contributed by atoms with Crippen LogP contribution in [0, 0.1) is 0 Å². The molecule has 26 heavy (non-hydrogen) atoms. The van der Waals surface area contributed by atoms with Gasteiger partial charge in [0.2, 0.25) is 5.91 Å². The Hall–Kier alpha value is -2.67. The number of carbonyl (C=O) groups is 1. The van der Waals surface area contributed by atoms with Gasteiger partial charge in [-0.2, -0.15) is 0 Å². The molecule has 0 saturated heterocycles. The molecule has 0 saturated carbocycles. The standard InChI is InChI=1S/C19H22N4O2S/c1-2-22(15-7-4-3-5-8-15)11-6-10-20-17(24)13-23-14-21-18-16(19(23)25)9-12-26-18/h3-5,7-9,12,14H,2,6,10-11,13H2,1H3,(H,20,24). The number of hydrogen-bond donors (Lipinski definition) is 1. The molecule has 6 nitrogen and oxygen atoms in total. The fraction of sp³-hybridized carbons (Fsp3) is 0.316. The van der Waals surface area contributed by atoms with Crippen LogP contribution in [0.15, 0.2) is 52.9 Å². The van der Waals surface area contributed by atoms with E-state index in [1.807, 2.05) is 23.6 Å². The predicted octanol–water partition coefficient (Wildman–Crippen LogP) is 2.49. The first-order valence-corrected chi connectivity index (χ1v) is 9.56. The highest BCUT2D eigenvalue weighted by atomic mass is 32.1. The van der Waals surface area contributed by atoms with Gasteiger partial charge in [0.1, 0.15) is 11.4 Å². The van der Waals surface area contributed by atoms with E-state index in [0.717, 1.165) is 19.5 Å². The Morgan fingerprint density at radius 2 is 2.08 bits per heavy atom. The third-order valence-corrected chi connectivity index (χ3v) is 5.02. The van der Waals surface area contributed by atoms with E-state index in [0.29, 0.717) is 16.8 Å². The third-order valence-electron chi connectivity index (χ3n) is 4.19. The average molecular weight is 370 g/mol. The van der Waals surface area contributed by atoms with Gasteiger partial charge in [0.05, 0.1) is 11.7 Å². The maximum atomic E-state index is 12.3. The van der Waals surface area contributed by atoms with Crippen molar-refractivity contribution < 1.29 is 4.79 Å². The lowest BCUT2D eigenvalue weighted by molar-refractivity contribution is -0.121. The fourth-order valence-electron chi connectivity index (χ4n) is 2.82. The van der Waals surface area contributed by atoms with Crippen LogP contribution in [0.2, 0.25) is 0 Å². The first-order chi connectivity index (χ1) is 12.7. The zero-order valence-corrected chi connectivity index (χ0v) is 15.5. The average Bonchev–Trinajstić information content (AvgIpc) is 3.14. The highest BCUT2D eigenvalue weighted by Gasteiger charge is 2.09. The summed E-state index contributed by atoms with van der Waals surface area (Å²) in [5.74, 6) is -0.175. The summed E-state index contributed by atoms with van der Waals surface area (Å²) in [4.78, 5) is 31.6. The van der Waals surface area contributed by atoms with Gasteiger partial charge >= 0.3 is 0 Å². The minimum atomic E-state index is -0.175. The van der Waals surface area contributed by atoms with E-state index in [4.69, 9.17) is 0 Å². The Kier molecular flexibility index (Phi) is 6.01. The molecule has 0 spiro atoms. The topological polar surface area (TPSA) is 67.2 Å². The predicted molar refractivity (Wildman–Crippen MR) is 106 cm³/mol. The summed E-state index contributed by atoms with van der Waals surface area (Å²) in [5.41, 5.74) is 1.01. The van der Waals surface area contributed by atoms with E-state index < -0.39 is 0 Å². The number of amides is 1. The molecule has 2 aromatic heterocycles. The van der Waals surface area contributed by atoms with Crippen LogP contribution in [0.4, 0.5) is 5.69 Å². The summed E-state index contributed by atoms with van der Waals surface area (Å²) >= 11 is 1.42. The van der Waals surface area contributed by atoms with Crippen molar-refractivity contribution in [2.75, 3.05) is 24.5 Å². The molecule has 1 N–H and O–H groups in total. The molecular weight excluding hydrogens is 348 g/mol.